The Morgan fingerprint density at radius 1 is 1.40 bits per heavy atom. The van der Waals surface area contributed by atoms with Crippen molar-refractivity contribution in [3.63, 3.8) is 0 Å². The third-order valence-electron chi connectivity index (χ3n) is 2.32. The molecule has 1 N–H and O–H groups in total. The molecule has 0 saturated heterocycles. The first-order chi connectivity index (χ1) is 7.16. The number of benzene rings is 1. The Bertz CT molecular complexity index is 397. The van der Waals surface area contributed by atoms with Crippen molar-refractivity contribution in [3.05, 3.63) is 23.3 Å². The predicted molar refractivity (Wildman–Crippen MR) is 60.0 cm³/mol. The van der Waals surface area contributed by atoms with Gasteiger partial charge in [0, 0.05) is 24.4 Å². The van der Waals surface area contributed by atoms with E-state index >= 15 is 0 Å². The van der Waals surface area contributed by atoms with E-state index in [0.29, 0.717) is 0 Å². The van der Waals surface area contributed by atoms with E-state index in [2.05, 4.69) is 4.99 Å². The number of hydrogen-bond acceptors (Lipinski definition) is 3. The molecule has 1 aliphatic heterocycles. The Hall–Kier alpha value is -1.51. The largest absolute Gasteiger partial charge is 0.507 e. The van der Waals surface area contributed by atoms with Gasteiger partial charge in [0.2, 0.25) is 0 Å². The number of nitrogens with zero attached hydrogens (tertiary/aromatic N) is 1. The number of aromatic hydroxyl groups is 1. The molecular weight excluding hydrogens is 190 g/mol. The molecule has 0 bridgehead atoms. The first-order valence-electron chi connectivity index (χ1n) is 5.19. The lowest BCUT2D eigenvalue weighted by atomic mass is 10.0. The van der Waals surface area contributed by atoms with Gasteiger partial charge in [-0.25, -0.2) is 0 Å². The maximum atomic E-state index is 9.78. The second-order valence-corrected chi connectivity index (χ2v) is 3.97. The number of phenols is 1. The molecular formula is C12H15NO2. The van der Waals surface area contributed by atoms with Gasteiger partial charge >= 0.3 is 0 Å². The van der Waals surface area contributed by atoms with Gasteiger partial charge in [0.25, 0.3) is 0 Å². The van der Waals surface area contributed by atoms with Crippen molar-refractivity contribution in [2.24, 2.45) is 4.99 Å². The predicted octanol–water partition coefficient (Wildman–Crippen LogP) is 2.15. The Kier molecular flexibility index (Phi) is 2.62. The number of phenolic OH excluding ortho intramolecular Hbond substituents is 1. The summed E-state index contributed by atoms with van der Waals surface area (Å²) in [6, 6.07) is 3.64. The topological polar surface area (TPSA) is 41.8 Å². The standard InChI is InChI=1S/C12H15NO2/c1-8(2)15-10-5-9-3-4-13-7-11(9)12(14)6-10/h5-8,14H,3-4H2,1-2H3. The van der Waals surface area contributed by atoms with Gasteiger partial charge in [0.05, 0.1) is 6.10 Å². The fourth-order valence-electron chi connectivity index (χ4n) is 1.71. The molecule has 3 heteroatoms. The van der Waals surface area contributed by atoms with Crippen molar-refractivity contribution >= 4 is 6.21 Å². The summed E-state index contributed by atoms with van der Waals surface area (Å²) in [5.41, 5.74) is 1.94. The van der Waals surface area contributed by atoms with Crippen molar-refractivity contribution in [2.75, 3.05) is 6.54 Å². The average Bonchev–Trinajstić information content (AvgIpc) is 2.16. The zero-order chi connectivity index (χ0) is 10.8. The number of ether oxygens (including phenoxy) is 1. The van der Waals surface area contributed by atoms with Gasteiger partial charge in [-0.3, -0.25) is 4.99 Å². The van der Waals surface area contributed by atoms with Crippen LogP contribution in [0.3, 0.4) is 0 Å². The second-order valence-electron chi connectivity index (χ2n) is 3.97. The Morgan fingerprint density at radius 2 is 2.20 bits per heavy atom. The van der Waals surface area contributed by atoms with Gasteiger partial charge < -0.3 is 9.84 Å². The van der Waals surface area contributed by atoms with Crippen LogP contribution < -0.4 is 4.74 Å². The molecule has 2 rings (SSSR count). The second kappa shape index (κ2) is 3.93. The highest BCUT2D eigenvalue weighted by molar-refractivity contribution is 5.87. The fraction of sp³-hybridized carbons (Fsp3) is 0.417. The minimum absolute atomic E-state index is 0.125. The van der Waals surface area contributed by atoms with Crippen LogP contribution in [0, 0.1) is 0 Å². The van der Waals surface area contributed by atoms with E-state index in [1.54, 1.807) is 12.3 Å². The van der Waals surface area contributed by atoms with Crippen molar-refractivity contribution in [2.45, 2.75) is 26.4 Å². The number of fused-ring (bicyclic) bond motifs is 1. The normalized spacial score (nSPS) is 14.1. The van der Waals surface area contributed by atoms with E-state index < -0.39 is 0 Å². The Morgan fingerprint density at radius 3 is 2.93 bits per heavy atom. The van der Waals surface area contributed by atoms with Gasteiger partial charge in [-0.1, -0.05) is 0 Å². The SMILES string of the molecule is CC(C)Oc1cc(O)c2c(c1)CCN=C2. The molecule has 3 nitrogen and oxygen atoms in total. The van der Waals surface area contributed by atoms with E-state index in [9.17, 15) is 5.11 Å². The molecule has 80 valence electrons. The summed E-state index contributed by atoms with van der Waals surface area (Å²) in [6.07, 6.45) is 2.72. The van der Waals surface area contributed by atoms with E-state index in [1.165, 1.54) is 0 Å². The maximum Gasteiger partial charge on any atom is 0.128 e. The van der Waals surface area contributed by atoms with Gasteiger partial charge in [-0.05, 0) is 31.9 Å². The first-order valence-corrected chi connectivity index (χ1v) is 5.19. The fourth-order valence-corrected chi connectivity index (χ4v) is 1.71. The summed E-state index contributed by atoms with van der Waals surface area (Å²) in [5, 5.41) is 9.78. The third-order valence-corrected chi connectivity index (χ3v) is 2.32. The smallest absolute Gasteiger partial charge is 0.128 e. The summed E-state index contributed by atoms with van der Waals surface area (Å²) < 4.78 is 5.56. The summed E-state index contributed by atoms with van der Waals surface area (Å²) in [7, 11) is 0. The lowest BCUT2D eigenvalue weighted by Gasteiger charge is -2.15. The molecule has 0 aromatic heterocycles. The number of aliphatic imine (C=N–C) groups is 1. The molecule has 1 aromatic rings. The van der Waals surface area contributed by atoms with E-state index in [1.807, 2.05) is 19.9 Å². The molecule has 0 spiro atoms. The van der Waals surface area contributed by atoms with Crippen molar-refractivity contribution in [3.8, 4) is 11.5 Å². The molecule has 0 radical (unpaired) electrons. The van der Waals surface area contributed by atoms with E-state index in [0.717, 1.165) is 29.8 Å². The van der Waals surface area contributed by atoms with Crippen LogP contribution in [0.2, 0.25) is 0 Å². The van der Waals surface area contributed by atoms with Gasteiger partial charge in [0.15, 0.2) is 0 Å². The highest BCUT2D eigenvalue weighted by atomic mass is 16.5. The lowest BCUT2D eigenvalue weighted by Crippen LogP contribution is -2.08. The summed E-state index contributed by atoms with van der Waals surface area (Å²) in [6.45, 7) is 4.73. The summed E-state index contributed by atoms with van der Waals surface area (Å²) in [5.74, 6) is 0.989. The maximum absolute atomic E-state index is 9.78. The van der Waals surface area contributed by atoms with Crippen molar-refractivity contribution in [1.29, 1.82) is 0 Å². The van der Waals surface area contributed by atoms with E-state index in [4.69, 9.17) is 4.74 Å². The zero-order valence-corrected chi connectivity index (χ0v) is 9.03. The highest BCUT2D eigenvalue weighted by Gasteiger charge is 2.12. The van der Waals surface area contributed by atoms with Crippen LogP contribution in [0.15, 0.2) is 17.1 Å². The zero-order valence-electron chi connectivity index (χ0n) is 9.03. The molecule has 0 aliphatic carbocycles. The molecule has 0 unspecified atom stereocenters. The molecule has 1 aliphatic rings. The van der Waals surface area contributed by atoms with Crippen LogP contribution in [0.5, 0.6) is 11.5 Å². The average molecular weight is 205 g/mol. The van der Waals surface area contributed by atoms with Crippen LogP contribution in [-0.4, -0.2) is 24.0 Å². The Balaban J connectivity index is 2.37. The number of hydrogen-bond donors (Lipinski definition) is 1. The molecule has 0 amide bonds. The minimum atomic E-state index is 0.125. The highest BCUT2D eigenvalue weighted by Crippen LogP contribution is 2.29. The van der Waals surface area contributed by atoms with E-state index in [-0.39, 0.29) is 11.9 Å². The van der Waals surface area contributed by atoms with Crippen LogP contribution in [0.25, 0.3) is 0 Å². The van der Waals surface area contributed by atoms with Crippen LogP contribution in [-0.2, 0) is 6.42 Å². The minimum Gasteiger partial charge on any atom is -0.507 e. The van der Waals surface area contributed by atoms with Crippen LogP contribution in [0.4, 0.5) is 0 Å². The van der Waals surface area contributed by atoms with Gasteiger partial charge in [-0.15, -0.1) is 0 Å². The van der Waals surface area contributed by atoms with Crippen molar-refractivity contribution < 1.29 is 9.84 Å². The molecule has 0 fully saturated rings. The lowest BCUT2D eigenvalue weighted by molar-refractivity contribution is 0.241. The molecule has 0 atom stereocenters. The monoisotopic (exact) mass is 205 g/mol. The third kappa shape index (κ3) is 2.12. The summed E-state index contributed by atoms with van der Waals surface area (Å²) in [4.78, 5) is 4.14. The van der Waals surface area contributed by atoms with Crippen molar-refractivity contribution in [1.82, 2.24) is 0 Å². The Labute approximate surface area is 89.4 Å². The quantitative estimate of drug-likeness (QED) is 0.803. The number of rotatable bonds is 2. The molecule has 1 heterocycles. The van der Waals surface area contributed by atoms with Gasteiger partial charge in [-0.2, -0.15) is 0 Å². The molecule has 0 saturated carbocycles. The summed E-state index contributed by atoms with van der Waals surface area (Å²) >= 11 is 0. The molecule has 15 heavy (non-hydrogen) atoms. The first kappa shape index (κ1) is 10.0. The van der Waals surface area contributed by atoms with Crippen LogP contribution in [0.1, 0.15) is 25.0 Å². The molecule has 1 aromatic carbocycles. The van der Waals surface area contributed by atoms with Gasteiger partial charge in [0.1, 0.15) is 11.5 Å². The van der Waals surface area contributed by atoms with Crippen LogP contribution >= 0.6 is 0 Å².